The van der Waals surface area contributed by atoms with Gasteiger partial charge in [0.2, 0.25) is 0 Å². The van der Waals surface area contributed by atoms with E-state index in [1.807, 2.05) is 48.5 Å². The fraction of sp³-hybridized carbons (Fsp3) is 0.294. The fourth-order valence-electron chi connectivity index (χ4n) is 2.19. The molecule has 0 aliphatic heterocycles. The van der Waals surface area contributed by atoms with Crippen LogP contribution in [0.1, 0.15) is 24.3 Å². The van der Waals surface area contributed by atoms with Crippen LogP contribution in [0.25, 0.3) is 0 Å². The topological polar surface area (TPSA) is 29.5 Å². The zero-order chi connectivity index (χ0) is 14.2. The van der Waals surface area contributed by atoms with E-state index in [1.165, 1.54) is 0 Å². The van der Waals surface area contributed by atoms with E-state index in [1.54, 1.807) is 0 Å². The molecule has 2 nitrogen and oxygen atoms in total. The molecule has 2 rings (SSSR count). The number of rotatable bonds is 7. The van der Waals surface area contributed by atoms with Crippen molar-refractivity contribution in [2.24, 2.45) is 0 Å². The molecular weight excluding hydrogens is 316 g/mol. The number of halogens is 1. The Morgan fingerprint density at radius 2 is 1.70 bits per heavy atom. The van der Waals surface area contributed by atoms with Crippen molar-refractivity contribution in [2.45, 2.75) is 18.8 Å². The van der Waals surface area contributed by atoms with Gasteiger partial charge < -0.3 is 9.84 Å². The van der Waals surface area contributed by atoms with Crippen LogP contribution < -0.4 is 4.74 Å². The molecule has 0 radical (unpaired) electrons. The Hall–Kier alpha value is -1.32. The number of aliphatic hydroxyl groups is 1. The van der Waals surface area contributed by atoms with Crippen molar-refractivity contribution in [1.82, 2.24) is 0 Å². The predicted molar refractivity (Wildman–Crippen MR) is 85.1 cm³/mol. The van der Waals surface area contributed by atoms with Crippen LogP contribution in [0.15, 0.2) is 59.1 Å². The molecule has 20 heavy (non-hydrogen) atoms. The summed E-state index contributed by atoms with van der Waals surface area (Å²) in [5.41, 5.74) is 1.16. The molecule has 106 valence electrons. The summed E-state index contributed by atoms with van der Waals surface area (Å²) in [6.07, 6.45) is 1.83. The first kappa shape index (κ1) is 15.1. The lowest BCUT2D eigenvalue weighted by molar-refractivity contribution is 0.243. The fourth-order valence-corrected chi connectivity index (χ4v) is 2.80. The smallest absolute Gasteiger partial charge is 0.119 e. The number of benzene rings is 2. The van der Waals surface area contributed by atoms with Gasteiger partial charge in [-0.2, -0.15) is 0 Å². The highest BCUT2D eigenvalue weighted by atomic mass is 79.9. The highest BCUT2D eigenvalue weighted by Gasteiger charge is 2.12. The summed E-state index contributed by atoms with van der Waals surface area (Å²) in [5.74, 6) is 1.05. The maximum atomic E-state index is 9.56. The van der Waals surface area contributed by atoms with Crippen LogP contribution >= 0.6 is 15.9 Å². The molecule has 0 saturated carbocycles. The molecule has 0 aliphatic rings. The highest BCUT2D eigenvalue weighted by Crippen LogP contribution is 2.28. The van der Waals surface area contributed by atoms with Crippen molar-refractivity contribution >= 4 is 15.9 Å². The second-order valence-electron chi connectivity index (χ2n) is 4.70. The molecule has 0 aliphatic carbocycles. The number of ether oxygens (including phenoxy) is 1. The summed E-state index contributed by atoms with van der Waals surface area (Å²) in [6, 6.07) is 17.9. The summed E-state index contributed by atoms with van der Waals surface area (Å²) in [5, 5.41) is 9.56. The summed E-state index contributed by atoms with van der Waals surface area (Å²) < 4.78 is 6.73. The van der Waals surface area contributed by atoms with Crippen molar-refractivity contribution in [3.05, 3.63) is 64.6 Å². The second-order valence-corrected chi connectivity index (χ2v) is 5.56. The van der Waals surface area contributed by atoms with E-state index < -0.39 is 0 Å². The van der Waals surface area contributed by atoms with Gasteiger partial charge in [-0.1, -0.05) is 52.3 Å². The lowest BCUT2D eigenvalue weighted by atomic mass is 9.95. The first-order chi connectivity index (χ1) is 9.81. The molecule has 0 fully saturated rings. The van der Waals surface area contributed by atoms with Gasteiger partial charge in [-0.25, -0.2) is 0 Å². The zero-order valence-corrected chi connectivity index (χ0v) is 12.9. The van der Waals surface area contributed by atoms with Crippen LogP contribution in [0.5, 0.6) is 5.75 Å². The van der Waals surface area contributed by atoms with E-state index in [4.69, 9.17) is 4.74 Å². The number of aliphatic hydroxyl groups excluding tert-OH is 1. The lowest BCUT2D eigenvalue weighted by Gasteiger charge is -2.16. The Balaban J connectivity index is 1.81. The molecule has 2 aromatic carbocycles. The minimum atomic E-state index is 0.157. The van der Waals surface area contributed by atoms with Gasteiger partial charge >= 0.3 is 0 Å². The third-order valence-corrected chi connectivity index (χ3v) is 4.00. The monoisotopic (exact) mass is 334 g/mol. The molecule has 1 N–H and O–H groups in total. The average molecular weight is 335 g/mol. The maximum absolute atomic E-state index is 9.56. The lowest BCUT2D eigenvalue weighted by Crippen LogP contribution is -2.07. The van der Waals surface area contributed by atoms with E-state index >= 15 is 0 Å². The van der Waals surface area contributed by atoms with E-state index in [-0.39, 0.29) is 12.5 Å². The Labute approximate surface area is 128 Å². The Morgan fingerprint density at radius 1 is 1.00 bits per heavy atom. The summed E-state index contributed by atoms with van der Waals surface area (Å²) in [7, 11) is 0. The standard InChI is InChI=1S/C17H19BrO2/c18-17-11-5-4-10-16(17)14(13-19)7-6-12-20-15-8-2-1-3-9-15/h1-5,8-11,14,19H,6-7,12-13H2. The van der Waals surface area contributed by atoms with Crippen molar-refractivity contribution in [3.8, 4) is 5.75 Å². The quantitative estimate of drug-likeness (QED) is 0.761. The predicted octanol–water partition coefficient (Wildman–Crippen LogP) is 4.38. The molecule has 0 aromatic heterocycles. The Kier molecular flexibility index (Phi) is 6.09. The van der Waals surface area contributed by atoms with Gasteiger partial charge in [-0.05, 0) is 36.6 Å². The van der Waals surface area contributed by atoms with Gasteiger partial charge in [0.1, 0.15) is 5.75 Å². The zero-order valence-electron chi connectivity index (χ0n) is 11.3. The molecule has 0 heterocycles. The Bertz CT molecular complexity index is 513. The van der Waals surface area contributed by atoms with E-state index in [0.717, 1.165) is 28.6 Å². The van der Waals surface area contributed by atoms with Crippen LogP contribution in [0.2, 0.25) is 0 Å². The van der Waals surface area contributed by atoms with Gasteiger partial charge in [-0.3, -0.25) is 0 Å². The third kappa shape index (κ3) is 4.36. The van der Waals surface area contributed by atoms with Crippen molar-refractivity contribution in [3.63, 3.8) is 0 Å². The molecule has 0 amide bonds. The molecule has 0 spiro atoms. The van der Waals surface area contributed by atoms with Crippen molar-refractivity contribution < 1.29 is 9.84 Å². The Morgan fingerprint density at radius 3 is 2.40 bits per heavy atom. The van der Waals surface area contributed by atoms with Crippen LogP contribution in [-0.4, -0.2) is 18.3 Å². The van der Waals surface area contributed by atoms with E-state index in [0.29, 0.717) is 6.61 Å². The van der Waals surface area contributed by atoms with Gasteiger partial charge in [0.15, 0.2) is 0 Å². The molecule has 0 bridgehead atoms. The number of hydrogen-bond acceptors (Lipinski definition) is 2. The minimum Gasteiger partial charge on any atom is -0.494 e. The average Bonchev–Trinajstić information content (AvgIpc) is 2.50. The van der Waals surface area contributed by atoms with Gasteiger partial charge in [-0.15, -0.1) is 0 Å². The van der Waals surface area contributed by atoms with Crippen LogP contribution in [0.3, 0.4) is 0 Å². The first-order valence-electron chi connectivity index (χ1n) is 6.84. The molecule has 1 unspecified atom stereocenters. The van der Waals surface area contributed by atoms with Crippen molar-refractivity contribution in [2.75, 3.05) is 13.2 Å². The van der Waals surface area contributed by atoms with E-state index in [2.05, 4.69) is 22.0 Å². The molecule has 1 atom stereocenters. The van der Waals surface area contributed by atoms with Gasteiger partial charge in [0.25, 0.3) is 0 Å². The third-order valence-electron chi connectivity index (χ3n) is 3.27. The molecular formula is C17H19BrO2. The largest absolute Gasteiger partial charge is 0.494 e. The van der Waals surface area contributed by atoms with Crippen LogP contribution in [0.4, 0.5) is 0 Å². The van der Waals surface area contributed by atoms with Gasteiger partial charge in [0.05, 0.1) is 6.61 Å². The summed E-state index contributed by atoms with van der Waals surface area (Å²) in [4.78, 5) is 0. The molecule has 2 aromatic rings. The minimum absolute atomic E-state index is 0.157. The number of hydrogen-bond donors (Lipinski definition) is 1. The molecule has 3 heteroatoms. The van der Waals surface area contributed by atoms with E-state index in [9.17, 15) is 5.11 Å². The second kappa shape index (κ2) is 8.08. The maximum Gasteiger partial charge on any atom is 0.119 e. The summed E-state index contributed by atoms with van der Waals surface area (Å²) >= 11 is 3.54. The highest BCUT2D eigenvalue weighted by molar-refractivity contribution is 9.10. The van der Waals surface area contributed by atoms with Crippen molar-refractivity contribution in [1.29, 1.82) is 0 Å². The normalized spacial score (nSPS) is 12.1. The first-order valence-corrected chi connectivity index (χ1v) is 7.63. The molecule has 0 saturated heterocycles. The van der Waals surface area contributed by atoms with Crippen LogP contribution in [-0.2, 0) is 0 Å². The summed E-state index contributed by atoms with van der Waals surface area (Å²) in [6.45, 7) is 0.832. The van der Waals surface area contributed by atoms with Crippen LogP contribution in [0, 0.1) is 0 Å². The van der Waals surface area contributed by atoms with Gasteiger partial charge in [0, 0.05) is 17.0 Å². The number of para-hydroxylation sites is 1. The SMILES string of the molecule is OCC(CCCOc1ccccc1)c1ccccc1Br.